The summed E-state index contributed by atoms with van der Waals surface area (Å²) >= 11 is 1.61. The molecule has 0 bridgehead atoms. The lowest BCUT2D eigenvalue weighted by molar-refractivity contribution is -0.116. The van der Waals surface area contributed by atoms with E-state index in [0.29, 0.717) is 17.9 Å². The highest BCUT2D eigenvalue weighted by molar-refractivity contribution is 7.08. The molecule has 0 radical (unpaired) electrons. The third-order valence-electron chi connectivity index (χ3n) is 3.84. The normalized spacial score (nSPS) is 17.1. The topological polar surface area (TPSA) is 46.9 Å². The van der Waals surface area contributed by atoms with Crippen molar-refractivity contribution in [1.82, 2.24) is 9.78 Å². The van der Waals surface area contributed by atoms with Crippen molar-refractivity contribution < 1.29 is 9.18 Å². The Kier molecular flexibility index (Phi) is 3.04. The zero-order chi connectivity index (χ0) is 15.1. The second-order valence-electron chi connectivity index (χ2n) is 5.20. The summed E-state index contributed by atoms with van der Waals surface area (Å²) in [6, 6.07) is 8.08. The fourth-order valence-corrected chi connectivity index (χ4v) is 3.48. The highest BCUT2D eigenvalue weighted by atomic mass is 32.1. The van der Waals surface area contributed by atoms with E-state index in [2.05, 4.69) is 15.8 Å². The number of fused-ring (bicyclic) bond motifs is 1. The van der Waals surface area contributed by atoms with E-state index in [-0.39, 0.29) is 17.6 Å². The van der Waals surface area contributed by atoms with Crippen LogP contribution in [0, 0.1) is 5.82 Å². The maximum absolute atomic E-state index is 13.1. The smallest absolute Gasteiger partial charge is 0.226 e. The fraction of sp³-hybridized carbons (Fsp3) is 0.125. The molecule has 4 nitrogen and oxygen atoms in total. The molecule has 1 atom stereocenters. The molecule has 1 amide bonds. The Hall–Kier alpha value is -2.47. The molecule has 3 heterocycles. The van der Waals surface area contributed by atoms with Crippen LogP contribution in [0.4, 0.5) is 10.2 Å². The molecule has 0 unspecified atom stereocenters. The molecule has 0 saturated heterocycles. The van der Waals surface area contributed by atoms with Gasteiger partial charge in [-0.25, -0.2) is 9.07 Å². The van der Waals surface area contributed by atoms with Gasteiger partial charge in [-0.3, -0.25) is 4.79 Å². The highest BCUT2D eigenvalue weighted by Gasteiger charge is 2.30. The summed E-state index contributed by atoms with van der Waals surface area (Å²) in [6.45, 7) is 0. The Morgan fingerprint density at radius 3 is 2.82 bits per heavy atom. The number of amides is 1. The maximum Gasteiger partial charge on any atom is 0.226 e. The molecule has 2 aromatic heterocycles. The van der Waals surface area contributed by atoms with Crippen LogP contribution in [-0.2, 0) is 4.79 Å². The van der Waals surface area contributed by atoms with E-state index in [1.54, 1.807) is 34.3 Å². The molecule has 110 valence electrons. The summed E-state index contributed by atoms with van der Waals surface area (Å²) in [5.74, 6) is 0.348. The number of aromatic nitrogens is 2. The molecule has 0 spiro atoms. The number of hydrogen-bond donors (Lipinski definition) is 1. The third-order valence-corrected chi connectivity index (χ3v) is 4.54. The Labute approximate surface area is 130 Å². The summed E-state index contributed by atoms with van der Waals surface area (Å²) in [6.07, 6.45) is 2.19. The monoisotopic (exact) mass is 313 g/mol. The molecular formula is C16H12FN3OS. The van der Waals surface area contributed by atoms with Gasteiger partial charge in [0.1, 0.15) is 11.6 Å². The van der Waals surface area contributed by atoms with Crippen LogP contribution in [0.15, 0.2) is 47.3 Å². The van der Waals surface area contributed by atoms with Gasteiger partial charge in [-0.15, -0.1) is 0 Å². The van der Waals surface area contributed by atoms with Gasteiger partial charge < -0.3 is 5.32 Å². The lowest BCUT2D eigenvalue weighted by Gasteiger charge is -2.22. The lowest BCUT2D eigenvalue weighted by atomic mass is 9.89. The van der Waals surface area contributed by atoms with E-state index in [9.17, 15) is 9.18 Å². The fourth-order valence-electron chi connectivity index (χ4n) is 2.77. The number of halogens is 1. The van der Waals surface area contributed by atoms with Crippen LogP contribution in [0.25, 0.3) is 5.69 Å². The predicted octanol–water partition coefficient (Wildman–Crippen LogP) is 3.55. The van der Waals surface area contributed by atoms with Gasteiger partial charge in [0, 0.05) is 17.9 Å². The first-order valence-electron chi connectivity index (χ1n) is 6.88. The molecular weight excluding hydrogens is 301 g/mol. The zero-order valence-corrected chi connectivity index (χ0v) is 12.3. The molecule has 1 aliphatic rings. The van der Waals surface area contributed by atoms with Gasteiger partial charge in [0.15, 0.2) is 0 Å². The van der Waals surface area contributed by atoms with Crippen molar-refractivity contribution in [3.8, 4) is 5.69 Å². The first-order valence-corrected chi connectivity index (χ1v) is 7.82. The van der Waals surface area contributed by atoms with Crippen LogP contribution in [-0.4, -0.2) is 15.7 Å². The average molecular weight is 313 g/mol. The quantitative estimate of drug-likeness (QED) is 0.786. The van der Waals surface area contributed by atoms with Gasteiger partial charge in [-0.1, -0.05) is 0 Å². The number of anilines is 1. The van der Waals surface area contributed by atoms with E-state index in [1.165, 1.54) is 12.1 Å². The second kappa shape index (κ2) is 5.06. The van der Waals surface area contributed by atoms with E-state index < -0.39 is 0 Å². The number of benzene rings is 1. The number of hydrogen-bond acceptors (Lipinski definition) is 3. The van der Waals surface area contributed by atoms with Crippen LogP contribution in [0.2, 0.25) is 0 Å². The van der Waals surface area contributed by atoms with Crippen molar-refractivity contribution >= 4 is 23.1 Å². The van der Waals surface area contributed by atoms with Crippen molar-refractivity contribution in [1.29, 1.82) is 0 Å². The van der Waals surface area contributed by atoms with Crippen molar-refractivity contribution in [3.63, 3.8) is 0 Å². The molecule has 22 heavy (non-hydrogen) atoms. The molecule has 0 fully saturated rings. The molecule has 6 heteroatoms. The minimum atomic E-state index is -0.301. The summed E-state index contributed by atoms with van der Waals surface area (Å²) in [4.78, 5) is 12.1. The standard InChI is InChI=1S/C16H12FN3OS/c17-11-1-3-12(4-2-11)20-16-14(8-18-20)13(7-15(21)19-16)10-5-6-22-9-10/h1-6,8-9,13H,7H2,(H,19,21)/t13-/m0/s1. The van der Waals surface area contributed by atoms with E-state index in [1.807, 2.05) is 11.4 Å². The van der Waals surface area contributed by atoms with Crippen LogP contribution in [0.3, 0.4) is 0 Å². The van der Waals surface area contributed by atoms with Crippen molar-refractivity contribution in [3.05, 3.63) is 64.2 Å². The predicted molar refractivity (Wildman–Crippen MR) is 82.9 cm³/mol. The minimum absolute atomic E-state index is 0.0178. The largest absolute Gasteiger partial charge is 0.310 e. The van der Waals surface area contributed by atoms with Crippen LogP contribution < -0.4 is 5.32 Å². The SMILES string of the molecule is O=C1C[C@@H](c2ccsc2)c2cnn(-c3ccc(F)cc3)c2N1. The minimum Gasteiger partial charge on any atom is -0.310 e. The highest BCUT2D eigenvalue weighted by Crippen LogP contribution is 2.38. The Bertz CT molecular complexity index is 824. The molecule has 1 aromatic carbocycles. The van der Waals surface area contributed by atoms with Crippen LogP contribution >= 0.6 is 11.3 Å². The molecule has 1 N–H and O–H groups in total. The number of carbonyl (C=O) groups is 1. The summed E-state index contributed by atoms with van der Waals surface area (Å²) in [7, 11) is 0. The second-order valence-corrected chi connectivity index (χ2v) is 5.98. The first-order chi connectivity index (χ1) is 10.7. The van der Waals surface area contributed by atoms with E-state index >= 15 is 0 Å². The summed E-state index contributed by atoms with van der Waals surface area (Å²) < 4.78 is 14.7. The van der Waals surface area contributed by atoms with Crippen molar-refractivity contribution in [2.75, 3.05) is 5.32 Å². The van der Waals surface area contributed by atoms with Gasteiger partial charge in [0.05, 0.1) is 11.9 Å². The average Bonchev–Trinajstić information content (AvgIpc) is 3.16. The van der Waals surface area contributed by atoms with Gasteiger partial charge in [0.2, 0.25) is 5.91 Å². The third kappa shape index (κ3) is 2.12. The van der Waals surface area contributed by atoms with Crippen molar-refractivity contribution in [2.45, 2.75) is 12.3 Å². The molecule has 4 rings (SSSR count). The molecule has 1 aliphatic heterocycles. The Morgan fingerprint density at radius 1 is 1.27 bits per heavy atom. The molecule has 3 aromatic rings. The number of thiophene rings is 1. The number of nitrogens with one attached hydrogen (secondary N) is 1. The molecule has 0 aliphatic carbocycles. The first kappa shape index (κ1) is 13.2. The number of rotatable bonds is 2. The van der Waals surface area contributed by atoms with E-state index in [4.69, 9.17) is 0 Å². The number of nitrogens with zero attached hydrogens (tertiary/aromatic N) is 2. The number of carbonyl (C=O) groups excluding carboxylic acids is 1. The maximum atomic E-state index is 13.1. The lowest BCUT2D eigenvalue weighted by Crippen LogP contribution is -2.24. The summed E-state index contributed by atoms with van der Waals surface area (Å²) in [5.41, 5.74) is 2.83. The van der Waals surface area contributed by atoms with E-state index in [0.717, 1.165) is 11.1 Å². The van der Waals surface area contributed by atoms with Gasteiger partial charge in [0.25, 0.3) is 0 Å². The Balaban J connectivity index is 1.82. The van der Waals surface area contributed by atoms with Crippen LogP contribution in [0.5, 0.6) is 0 Å². The van der Waals surface area contributed by atoms with Gasteiger partial charge in [-0.05, 0) is 46.7 Å². The van der Waals surface area contributed by atoms with Crippen LogP contribution in [0.1, 0.15) is 23.5 Å². The Morgan fingerprint density at radius 2 is 2.09 bits per heavy atom. The van der Waals surface area contributed by atoms with Gasteiger partial charge >= 0.3 is 0 Å². The zero-order valence-electron chi connectivity index (χ0n) is 11.5. The molecule has 0 saturated carbocycles. The summed E-state index contributed by atoms with van der Waals surface area (Å²) in [5, 5.41) is 11.3. The van der Waals surface area contributed by atoms with Crippen molar-refractivity contribution in [2.24, 2.45) is 0 Å². The van der Waals surface area contributed by atoms with Gasteiger partial charge in [-0.2, -0.15) is 16.4 Å².